The summed E-state index contributed by atoms with van der Waals surface area (Å²) in [7, 11) is 4.97. The average Bonchev–Trinajstić information content (AvgIpc) is 4.20. The normalized spacial score (nSPS) is 11.9. The van der Waals surface area contributed by atoms with Crippen LogP contribution in [0.25, 0.3) is 79.8 Å². The summed E-state index contributed by atoms with van der Waals surface area (Å²) in [5, 5.41) is 0. The van der Waals surface area contributed by atoms with Gasteiger partial charge in [-0.25, -0.2) is 9.97 Å². The second-order valence-corrected chi connectivity index (χ2v) is 15.3. The Morgan fingerprint density at radius 3 is 1.15 bits per heavy atom. The van der Waals surface area contributed by atoms with Crippen LogP contribution in [-0.2, 0) is 28.4 Å². The minimum atomic E-state index is 0.424. The maximum absolute atomic E-state index is 6.04. The molecule has 13 nitrogen and oxygen atoms in total. The van der Waals surface area contributed by atoms with Gasteiger partial charge < -0.3 is 52.6 Å². The van der Waals surface area contributed by atoms with E-state index in [1.54, 1.807) is 21.3 Å². The van der Waals surface area contributed by atoms with Crippen LogP contribution in [0.15, 0.2) is 103 Å². The van der Waals surface area contributed by atoms with Crippen molar-refractivity contribution in [1.82, 2.24) is 19.9 Å². The van der Waals surface area contributed by atoms with Gasteiger partial charge in [-0.15, -0.1) is 0 Å². The monoisotopic (exact) mass is 892 g/mol. The lowest BCUT2D eigenvalue weighted by atomic mass is 10.0. The Morgan fingerprint density at radius 2 is 0.727 bits per heavy atom. The van der Waals surface area contributed by atoms with E-state index in [9.17, 15) is 0 Å². The molecule has 0 aliphatic carbocycles. The van der Waals surface area contributed by atoms with Gasteiger partial charge >= 0.3 is 0 Å². The van der Waals surface area contributed by atoms with Crippen LogP contribution < -0.4 is 14.2 Å². The van der Waals surface area contributed by atoms with Gasteiger partial charge in [-0.3, -0.25) is 0 Å². The van der Waals surface area contributed by atoms with E-state index in [2.05, 4.69) is 94.9 Å². The van der Waals surface area contributed by atoms with Gasteiger partial charge in [0.2, 0.25) is 0 Å². The van der Waals surface area contributed by atoms with Crippen molar-refractivity contribution in [2.45, 2.75) is 0 Å². The van der Waals surface area contributed by atoms with E-state index in [1.807, 2.05) is 42.5 Å². The van der Waals surface area contributed by atoms with Crippen LogP contribution in [0.5, 0.6) is 17.2 Å². The number of hydrogen-bond donors (Lipinski definition) is 2. The molecule has 8 bridgehead atoms. The van der Waals surface area contributed by atoms with Gasteiger partial charge in [0.25, 0.3) is 0 Å². The molecule has 0 saturated heterocycles. The lowest BCUT2D eigenvalue weighted by molar-refractivity contribution is 0.0544. The molecule has 3 aromatic heterocycles. The highest BCUT2D eigenvalue weighted by molar-refractivity contribution is 5.97. The Bertz CT molecular complexity index is 2670. The number of hydrogen-bond acceptors (Lipinski definition) is 11. The zero-order chi connectivity index (χ0) is 45.3. The first-order chi connectivity index (χ1) is 32.6. The van der Waals surface area contributed by atoms with Crippen LogP contribution >= 0.6 is 0 Å². The van der Waals surface area contributed by atoms with Gasteiger partial charge in [-0.2, -0.15) is 0 Å². The third kappa shape index (κ3) is 12.0. The molecule has 342 valence electrons. The van der Waals surface area contributed by atoms with Crippen molar-refractivity contribution < 1.29 is 42.6 Å². The smallest absolute Gasteiger partial charge is 0.119 e. The van der Waals surface area contributed by atoms with Gasteiger partial charge in [-0.1, -0.05) is 36.4 Å². The first kappa shape index (κ1) is 46.0. The standard InChI is InChI=1S/C53H56N4O9/c1-58-24-27-61-30-33-64-42-12-4-37(5-13-42)51-45-18-10-40(54-45)36-41-11-19-46(55-41)52(38-6-14-43(15-7-38)65-34-31-62-28-25-59-2)48-21-23-50(57-48)53(49-22-20-47(51)56-49)39-8-16-44(17-9-39)66-35-32-63-29-26-60-3/h4-23,36,54,57H,24-35H2,1-3H3. The molecule has 0 saturated carbocycles. The molecule has 0 unspecified atom stereocenters. The van der Waals surface area contributed by atoms with E-state index in [-0.39, 0.29) is 0 Å². The molecule has 0 amide bonds. The molecular formula is C53H56N4O9. The number of ether oxygens (including phenoxy) is 9. The average molecular weight is 893 g/mol. The summed E-state index contributed by atoms with van der Waals surface area (Å²) >= 11 is 0. The first-order valence-corrected chi connectivity index (χ1v) is 22.1. The number of H-pyrrole nitrogens is 2. The summed E-state index contributed by atoms with van der Waals surface area (Å²) in [6.45, 7) is 5.91. The molecule has 66 heavy (non-hydrogen) atoms. The molecule has 0 fully saturated rings. The lowest BCUT2D eigenvalue weighted by Crippen LogP contribution is -2.09. The van der Waals surface area contributed by atoms with Crippen molar-refractivity contribution in [3.63, 3.8) is 0 Å². The Hall–Kier alpha value is -6.58. The molecule has 13 heteroatoms. The number of nitrogens with zero attached hydrogens (tertiary/aromatic N) is 2. The van der Waals surface area contributed by atoms with Crippen LogP contribution in [0.4, 0.5) is 0 Å². The van der Waals surface area contributed by atoms with E-state index in [0.29, 0.717) is 79.3 Å². The molecule has 6 aromatic rings. The van der Waals surface area contributed by atoms with Crippen LogP contribution in [-0.4, -0.2) is 121 Å². The van der Waals surface area contributed by atoms with Crippen molar-refractivity contribution in [3.05, 3.63) is 126 Å². The summed E-state index contributed by atoms with van der Waals surface area (Å²) in [5.41, 5.74) is 12.6. The number of methoxy groups -OCH3 is 3. The molecule has 0 spiro atoms. The van der Waals surface area contributed by atoms with E-state index in [0.717, 1.165) is 95.5 Å². The number of fused-ring (bicyclic) bond motifs is 8. The SMILES string of the molecule is COCCOCCOc1ccc(-c2c3nc(c(-c4ccc(OCCOCCOC)cc4)c4ccc([nH]4)c(-c4ccc(OCCOCCOC)cc4)c4nc(cc5ccc2[nH]5)C=C4)C=C3)cc1. The second kappa shape index (κ2) is 23.6. The molecule has 3 aromatic carbocycles. The minimum Gasteiger partial charge on any atom is -0.491 e. The van der Waals surface area contributed by atoms with Crippen molar-refractivity contribution in [1.29, 1.82) is 0 Å². The number of nitrogens with one attached hydrogen (secondary N) is 2. The Balaban J connectivity index is 1.22. The molecule has 0 atom stereocenters. The van der Waals surface area contributed by atoms with Gasteiger partial charge in [0, 0.05) is 60.1 Å². The minimum absolute atomic E-state index is 0.424. The van der Waals surface area contributed by atoms with Crippen LogP contribution in [0.3, 0.4) is 0 Å². The van der Waals surface area contributed by atoms with Crippen LogP contribution in [0, 0.1) is 0 Å². The zero-order valence-electron chi connectivity index (χ0n) is 37.7. The molecule has 2 aliphatic rings. The topological polar surface area (TPSA) is 140 Å². The van der Waals surface area contributed by atoms with Crippen molar-refractivity contribution in [2.24, 2.45) is 0 Å². The highest BCUT2D eigenvalue weighted by Crippen LogP contribution is 2.37. The summed E-state index contributed by atoms with van der Waals surface area (Å²) in [5.74, 6) is 2.25. The third-order valence-corrected chi connectivity index (χ3v) is 10.8. The third-order valence-electron chi connectivity index (χ3n) is 10.8. The van der Waals surface area contributed by atoms with Crippen molar-refractivity contribution in [2.75, 3.05) is 101 Å². The number of benzene rings is 3. The molecule has 2 aliphatic heterocycles. The highest BCUT2D eigenvalue weighted by atomic mass is 16.6. The largest absolute Gasteiger partial charge is 0.491 e. The fraction of sp³-hybridized carbons (Fsp3) is 0.283. The molecule has 8 rings (SSSR count). The molecule has 5 heterocycles. The van der Waals surface area contributed by atoms with E-state index in [1.165, 1.54) is 0 Å². The summed E-state index contributed by atoms with van der Waals surface area (Å²) in [6, 6.07) is 34.7. The number of aromatic nitrogens is 4. The molecule has 0 radical (unpaired) electrons. The summed E-state index contributed by atoms with van der Waals surface area (Å²) in [6.07, 6.45) is 8.27. The predicted molar refractivity (Wildman–Crippen MR) is 260 cm³/mol. The van der Waals surface area contributed by atoms with Crippen molar-refractivity contribution in [3.8, 4) is 50.6 Å². The molecule has 2 N–H and O–H groups in total. The van der Waals surface area contributed by atoms with Gasteiger partial charge in [0.15, 0.2) is 0 Å². The number of aromatic amines is 2. The molecular weight excluding hydrogens is 837 g/mol. The maximum Gasteiger partial charge on any atom is 0.119 e. The Kier molecular flexibility index (Phi) is 16.4. The Morgan fingerprint density at radius 1 is 0.364 bits per heavy atom. The highest BCUT2D eigenvalue weighted by Gasteiger charge is 2.17. The van der Waals surface area contributed by atoms with Gasteiger partial charge in [0.1, 0.15) is 37.1 Å². The van der Waals surface area contributed by atoms with E-state index < -0.39 is 0 Å². The van der Waals surface area contributed by atoms with Crippen LogP contribution in [0.2, 0.25) is 0 Å². The fourth-order valence-electron chi connectivity index (χ4n) is 7.59. The van der Waals surface area contributed by atoms with E-state index in [4.69, 9.17) is 52.6 Å². The lowest BCUT2D eigenvalue weighted by Gasteiger charge is -2.10. The summed E-state index contributed by atoms with van der Waals surface area (Å²) < 4.78 is 50.0. The summed E-state index contributed by atoms with van der Waals surface area (Å²) in [4.78, 5) is 18.0. The first-order valence-electron chi connectivity index (χ1n) is 22.1. The van der Waals surface area contributed by atoms with Gasteiger partial charge in [-0.05, 0) is 108 Å². The quantitative estimate of drug-likeness (QED) is 0.0561. The van der Waals surface area contributed by atoms with Gasteiger partial charge in [0.05, 0.1) is 82.2 Å². The fourth-order valence-corrected chi connectivity index (χ4v) is 7.59. The van der Waals surface area contributed by atoms with Crippen molar-refractivity contribution >= 4 is 46.4 Å². The Labute approximate surface area is 384 Å². The zero-order valence-corrected chi connectivity index (χ0v) is 37.7. The second-order valence-electron chi connectivity index (χ2n) is 15.3. The van der Waals surface area contributed by atoms with Crippen LogP contribution in [0.1, 0.15) is 22.8 Å². The predicted octanol–water partition coefficient (Wildman–Crippen LogP) is 9.78. The van der Waals surface area contributed by atoms with E-state index >= 15 is 0 Å². The maximum atomic E-state index is 6.04. The number of rotatable bonds is 24.